The van der Waals surface area contributed by atoms with Crippen LogP contribution < -0.4 is 4.74 Å². The summed E-state index contributed by atoms with van der Waals surface area (Å²) in [6.45, 7) is 3.68. The maximum atomic E-state index is 13.3. The van der Waals surface area contributed by atoms with Crippen LogP contribution in [0.2, 0.25) is 0 Å². The lowest BCUT2D eigenvalue weighted by molar-refractivity contribution is -0.129. The number of para-hydroxylation sites is 1. The van der Waals surface area contributed by atoms with Crippen molar-refractivity contribution in [3.63, 3.8) is 0 Å². The molecule has 0 spiro atoms. The summed E-state index contributed by atoms with van der Waals surface area (Å²) >= 11 is 0. The van der Waals surface area contributed by atoms with E-state index in [2.05, 4.69) is 4.90 Å². The van der Waals surface area contributed by atoms with Crippen LogP contribution in [-0.4, -0.2) is 43.7 Å². The van der Waals surface area contributed by atoms with Crippen LogP contribution in [0.5, 0.6) is 5.75 Å². The highest BCUT2D eigenvalue weighted by Crippen LogP contribution is 2.29. The Morgan fingerprint density at radius 3 is 2.65 bits per heavy atom. The number of hydrogen-bond donors (Lipinski definition) is 0. The molecule has 26 heavy (non-hydrogen) atoms. The summed E-state index contributed by atoms with van der Waals surface area (Å²) in [5.74, 6) is 2.14. The number of carbonyl (C=O) groups excluding carboxylic acids is 1. The molecule has 1 aromatic rings. The first-order valence-electron chi connectivity index (χ1n) is 10.1. The van der Waals surface area contributed by atoms with E-state index >= 15 is 0 Å². The molecule has 4 nitrogen and oxygen atoms in total. The average molecular weight is 355 g/mol. The summed E-state index contributed by atoms with van der Waals surface area (Å²) in [5, 5.41) is 0. The largest absolute Gasteiger partial charge is 0.488 e. The number of nitrogens with zero attached hydrogens (tertiary/aromatic N) is 1. The lowest BCUT2D eigenvalue weighted by Crippen LogP contribution is -2.41. The summed E-state index contributed by atoms with van der Waals surface area (Å²) in [4.78, 5) is 15.4. The Hall–Kier alpha value is -1.81. The number of amides is 1. The standard InChI is InChI=1S/C22H29NO3/c24-22(20-12-19-8-4-5-9-21(19)26-16-20)23(14-18-10-11-25-15-18)13-17-6-2-1-3-7-17/h4-5,8-9,12,17-18H,1-3,6-7,10-11,13-16H2/t18-/m0/s1. The molecular formula is C22H29NO3. The van der Waals surface area contributed by atoms with E-state index in [0.29, 0.717) is 18.4 Å². The number of benzene rings is 1. The Balaban J connectivity index is 1.50. The summed E-state index contributed by atoms with van der Waals surface area (Å²) in [7, 11) is 0. The molecule has 140 valence electrons. The lowest BCUT2D eigenvalue weighted by Gasteiger charge is -2.32. The SMILES string of the molecule is O=C(C1=Cc2ccccc2OC1)N(CC1CCCCC1)C[C@@H]1CCOC1. The highest BCUT2D eigenvalue weighted by Gasteiger charge is 2.28. The lowest BCUT2D eigenvalue weighted by atomic mass is 9.88. The first-order valence-corrected chi connectivity index (χ1v) is 10.1. The minimum atomic E-state index is 0.150. The molecule has 3 aliphatic rings. The number of carbonyl (C=O) groups is 1. The summed E-state index contributed by atoms with van der Waals surface area (Å²) in [5.41, 5.74) is 1.78. The van der Waals surface area contributed by atoms with E-state index in [1.165, 1.54) is 32.1 Å². The molecule has 1 atom stereocenters. The van der Waals surface area contributed by atoms with Gasteiger partial charge in [-0.1, -0.05) is 37.5 Å². The molecule has 2 aliphatic heterocycles. The second kappa shape index (κ2) is 8.26. The zero-order valence-corrected chi connectivity index (χ0v) is 15.5. The van der Waals surface area contributed by atoms with Crippen molar-refractivity contribution in [1.82, 2.24) is 4.90 Å². The quantitative estimate of drug-likeness (QED) is 0.804. The van der Waals surface area contributed by atoms with Crippen molar-refractivity contribution >= 4 is 12.0 Å². The fraction of sp³-hybridized carbons (Fsp3) is 0.591. The van der Waals surface area contributed by atoms with Crippen LogP contribution in [0.15, 0.2) is 29.8 Å². The topological polar surface area (TPSA) is 38.8 Å². The molecule has 1 aromatic carbocycles. The van der Waals surface area contributed by atoms with Crippen LogP contribution in [0.25, 0.3) is 6.08 Å². The van der Waals surface area contributed by atoms with Gasteiger partial charge in [0.15, 0.2) is 0 Å². The highest BCUT2D eigenvalue weighted by molar-refractivity contribution is 5.99. The number of hydrogen-bond acceptors (Lipinski definition) is 3. The van der Waals surface area contributed by atoms with Gasteiger partial charge in [-0.15, -0.1) is 0 Å². The van der Waals surface area contributed by atoms with E-state index in [-0.39, 0.29) is 5.91 Å². The maximum absolute atomic E-state index is 13.3. The molecule has 0 bridgehead atoms. The van der Waals surface area contributed by atoms with Gasteiger partial charge in [-0.25, -0.2) is 0 Å². The van der Waals surface area contributed by atoms with Gasteiger partial charge in [0.25, 0.3) is 5.91 Å². The van der Waals surface area contributed by atoms with Crippen LogP contribution in [0.1, 0.15) is 44.1 Å². The molecular weight excluding hydrogens is 326 g/mol. The molecule has 0 radical (unpaired) electrons. The molecule has 1 saturated heterocycles. The van der Waals surface area contributed by atoms with Gasteiger partial charge in [-0.3, -0.25) is 4.79 Å². The summed E-state index contributed by atoms with van der Waals surface area (Å²) in [6.07, 6.45) is 9.53. The number of fused-ring (bicyclic) bond motifs is 1. The minimum Gasteiger partial charge on any atom is -0.488 e. The normalized spacial score (nSPS) is 23.1. The number of ether oxygens (including phenoxy) is 2. The van der Waals surface area contributed by atoms with Gasteiger partial charge in [-0.2, -0.15) is 0 Å². The van der Waals surface area contributed by atoms with Crippen molar-refractivity contribution in [2.75, 3.05) is 32.9 Å². The molecule has 4 heteroatoms. The predicted octanol–water partition coefficient (Wildman–Crippen LogP) is 3.91. The van der Waals surface area contributed by atoms with Crippen molar-refractivity contribution in [1.29, 1.82) is 0 Å². The van der Waals surface area contributed by atoms with Gasteiger partial charge >= 0.3 is 0 Å². The van der Waals surface area contributed by atoms with E-state index < -0.39 is 0 Å². The Kier molecular flexibility index (Phi) is 5.59. The summed E-state index contributed by atoms with van der Waals surface area (Å²) < 4.78 is 11.4. The van der Waals surface area contributed by atoms with Crippen LogP contribution in [0.3, 0.4) is 0 Å². The van der Waals surface area contributed by atoms with Crippen molar-refractivity contribution in [3.05, 3.63) is 35.4 Å². The Bertz CT molecular complexity index is 657. The van der Waals surface area contributed by atoms with E-state index in [0.717, 1.165) is 49.6 Å². The van der Waals surface area contributed by atoms with Crippen molar-refractivity contribution < 1.29 is 14.3 Å². The maximum Gasteiger partial charge on any atom is 0.253 e. The third-order valence-electron chi connectivity index (χ3n) is 5.90. The van der Waals surface area contributed by atoms with Gasteiger partial charge in [0, 0.05) is 31.2 Å². The van der Waals surface area contributed by atoms with E-state index in [1.807, 2.05) is 30.3 Å². The molecule has 1 aliphatic carbocycles. The third kappa shape index (κ3) is 4.12. The van der Waals surface area contributed by atoms with Crippen LogP contribution in [-0.2, 0) is 9.53 Å². The van der Waals surface area contributed by atoms with E-state index in [9.17, 15) is 4.79 Å². The molecule has 2 fully saturated rings. The van der Waals surface area contributed by atoms with Gasteiger partial charge in [0.05, 0.1) is 12.2 Å². The zero-order valence-electron chi connectivity index (χ0n) is 15.5. The smallest absolute Gasteiger partial charge is 0.253 e. The Morgan fingerprint density at radius 1 is 1.04 bits per heavy atom. The Labute approximate surface area is 156 Å². The van der Waals surface area contributed by atoms with E-state index in [4.69, 9.17) is 9.47 Å². The molecule has 1 saturated carbocycles. The average Bonchev–Trinajstić information content (AvgIpc) is 3.20. The summed E-state index contributed by atoms with van der Waals surface area (Å²) in [6, 6.07) is 7.93. The van der Waals surface area contributed by atoms with Crippen LogP contribution >= 0.6 is 0 Å². The van der Waals surface area contributed by atoms with Crippen molar-refractivity contribution in [2.24, 2.45) is 11.8 Å². The van der Waals surface area contributed by atoms with Crippen molar-refractivity contribution in [3.8, 4) is 5.75 Å². The van der Waals surface area contributed by atoms with Gasteiger partial charge in [0.2, 0.25) is 0 Å². The fourth-order valence-electron chi connectivity index (χ4n) is 4.40. The van der Waals surface area contributed by atoms with Crippen LogP contribution in [0, 0.1) is 11.8 Å². The molecule has 0 unspecified atom stereocenters. The monoisotopic (exact) mass is 355 g/mol. The van der Waals surface area contributed by atoms with Gasteiger partial charge < -0.3 is 14.4 Å². The number of rotatable bonds is 5. The molecule has 4 rings (SSSR count). The zero-order chi connectivity index (χ0) is 17.8. The van der Waals surface area contributed by atoms with Gasteiger partial charge in [-0.05, 0) is 37.3 Å². The van der Waals surface area contributed by atoms with Crippen LogP contribution in [0.4, 0.5) is 0 Å². The molecule has 0 aromatic heterocycles. The first kappa shape index (κ1) is 17.6. The van der Waals surface area contributed by atoms with Gasteiger partial charge in [0.1, 0.15) is 12.4 Å². The second-order valence-corrected chi connectivity index (χ2v) is 7.94. The second-order valence-electron chi connectivity index (χ2n) is 7.94. The van der Waals surface area contributed by atoms with Crippen molar-refractivity contribution in [2.45, 2.75) is 38.5 Å². The minimum absolute atomic E-state index is 0.150. The molecule has 2 heterocycles. The third-order valence-corrected chi connectivity index (χ3v) is 5.90. The fourth-order valence-corrected chi connectivity index (χ4v) is 4.40. The molecule has 1 amide bonds. The Morgan fingerprint density at radius 2 is 1.85 bits per heavy atom. The van der Waals surface area contributed by atoms with E-state index in [1.54, 1.807) is 0 Å². The molecule has 0 N–H and O–H groups in total. The first-order chi connectivity index (χ1) is 12.8. The highest BCUT2D eigenvalue weighted by atomic mass is 16.5. The predicted molar refractivity (Wildman–Crippen MR) is 102 cm³/mol.